The van der Waals surface area contributed by atoms with E-state index in [2.05, 4.69) is 34.4 Å². The van der Waals surface area contributed by atoms with Crippen molar-refractivity contribution >= 4 is 11.1 Å². The molecule has 20 heavy (non-hydrogen) atoms. The highest BCUT2D eigenvalue weighted by molar-refractivity contribution is 5.75. The van der Waals surface area contributed by atoms with Crippen LogP contribution in [0.2, 0.25) is 0 Å². The molecule has 4 nitrogen and oxygen atoms in total. The Morgan fingerprint density at radius 3 is 3.00 bits per heavy atom. The molecule has 0 fully saturated rings. The summed E-state index contributed by atoms with van der Waals surface area (Å²) in [4.78, 5) is 4.49. The van der Waals surface area contributed by atoms with Crippen LogP contribution in [0.25, 0.3) is 22.6 Å². The second-order valence-corrected chi connectivity index (χ2v) is 4.81. The largest absolute Gasteiger partial charge is 0.436 e. The van der Waals surface area contributed by atoms with Crippen LogP contribution in [0.1, 0.15) is 12.5 Å². The van der Waals surface area contributed by atoms with E-state index in [1.165, 1.54) is 0 Å². The molecule has 0 saturated heterocycles. The van der Waals surface area contributed by atoms with E-state index in [1.807, 2.05) is 35.1 Å². The normalized spacial score (nSPS) is 17.9. The van der Waals surface area contributed by atoms with Crippen LogP contribution in [0.15, 0.2) is 65.4 Å². The highest BCUT2D eigenvalue weighted by Crippen LogP contribution is 2.25. The number of allylic oxidation sites excluding steroid dienone is 4. The summed E-state index contributed by atoms with van der Waals surface area (Å²) >= 11 is 0. The van der Waals surface area contributed by atoms with Gasteiger partial charge >= 0.3 is 0 Å². The molecule has 0 N–H and O–H groups in total. The van der Waals surface area contributed by atoms with Crippen molar-refractivity contribution in [2.75, 3.05) is 0 Å². The van der Waals surface area contributed by atoms with Crippen LogP contribution in [-0.2, 0) is 0 Å². The van der Waals surface area contributed by atoms with Crippen LogP contribution in [-0.4, -0.2) is 14.8 Å². The number of benzene rings is 1. The van der Waals surface area contributed by atoms with Crippen molar-refractivity contribution in [2.45, 2.75) is 12.5 Å². The van der Waals surface area contributed by atoms with Crippen LogP contribution in [0.5, 0.6) is 0 Å². The Labute approximate surface area is 116 Å². The van der Waals surface area contributed by atoms with Gasteiger partial charge in [0.1, 0.15) is 5.52 Å². The van der Waals surface area contributed by atoms with E-state index in [0.29, 0.717) is 5.89 Å². The van der Waals surface area contributed by atoms with Crippen molar-refractivity contribution in [1.29, 1.82) is 0 Å². The zero-order valence-corrected chi connectivity index (χ0v) is 10.8. The maximum Gasteiger partial charge on any atom is 0.230 e. The maximum atomic E-state index is 5.76. The monoisotopic (exact) mass is 263 g/mol. The molecule has 2 heterocycles. The van der Waals surface area contributed by atoms with Crippen LogP contribution in [0.4, 0.5) is 0 Å². The number of para-hydroxylation sites is 2. The third-order valence-corrected chi connectivity index (χ3v) is 3.44. The number of rotatable bonds is 2. The fraction of sp³-hybridized carbons (Fsp3) is 0.125. The fourth-order valence-electron chi connectivity index (χ4n) is 2.39. The Morgan fingerprint density at radius 2 is 2.15 bits per heavy atom. The number of hydrogen-bond donors (Lipinski definition) is 0. The van der Waals surface area contributed by atoms with E-state index < -0.39 is 0 Å². The van der Waals surface area contributed by atoms with Gasteiger partial charge in [-0.2, -0.15) is 5.10 Å². The minimum atomic E-state index is 0.276. The van der Waals surface area contributed by atoms with Crippen molar-refractivity contribution in [3.8, 4) is 11.5 Å². The molecule has 0 amide bonds. The first-order chi connectivity index (χ1) is 9.90. The lowest BCUT2D eigenvalue weighted by Gasteiger charge is -2.12. The fourth-order valence-corrected chi connectivity index (χ4v) is 2.39. The predicted octanol–water partition coefficient (Wildman–Crippen LogP) is 3.75. The summed E-state index contributed by atoms with van der Waals surface area (Å²) in [6.45, 7) is 0. The average molecular weight is 263 g/mol. The molecule has 1 aromatic carbocycles. The lowest BCUT2D eigenvalue weighted by atomic mass is 10.1. The van der Waals surface area contributed by atoms with Crippen LogP contribution in [0, 0.1) is 0 Å². The molecule has 4 heteroatoms. The second kappa shape index (κ2) is 4.49. The van der Waals surface area contributed by atoms with Crippen molar-refractivity contribution in [3.63, 3.8) is 0 Å². The van der Waals surface area contributed by atoms with Crippen molar-refractivity contribution in [2.24, 2.45) is 0 Å². The molecule has 0 bridgehead atoms. The molecule has 1 aliphatic rings. The zero-order chi connectivity index (χ0) is 13.4. The average Bonchev–Trinajstić information content (AvgIpc) is 3.14. The molecule has 3 aromatic rings. The van der Waals surface area contributed by atoms with E-state index in [4.69, 9.17) is 4.42 Å². The standard InChI is InChI=1S/C16H13N3O/c1-2-6-13(7-3-1)19-11-12(10-17-19)16-18-14-8-4-5-9-15(14)20-16/h1-6,8-11,13H,7H2. The molecular weight excluding hydrogens is 250 g/mol. The van der Waals surface area contributed by atoms with Gasteiger partial charge in [0.05, 0.1) is 17.8 Å². The molecule has 0 spiro atoms. The molecule has 98 valence electrons. The third kappa shape index (κ3) is 1.86. The highest BCUT2D eigenvalue weighted by atomic mass is 16.3. The van der Waals surface area contributed by atoms with Crippen molar-refractivity contribution < 1.29 is 4.42 Å². The van der Waals surface area contributed by atoms with E-state index in [1.54, 1.807) is 6.20 Å². The second-order valence-electron chi connectivity index (χ2n) is 4.81. The Kier molecular flexibility index (Phi) is 2.52. The molecule has 1 atom stereocenters. The number of fused-ring (bicyclic) bond motifs is 1. The van der Waals surface area contributed by atoms with Crippen LogP contribution in [0.3, 0.4) is 0 Å². The maximum absolute atomic E-state index is 5.76. The van der Waals surface area contributed by atoms with Crippen LogP contribution >= 0.6 is 0 Å². The van der Waals surface area contributed by atoms with Gasteiger partial charge in [-0.1, -0.05) is 36.4 Å². The third-order valence-electron chi connectivity index (χ3n) is 3.44. The lowest BCUT2D eigenvalue weighted by molar-refractivity contribution is 0.540. The van der Waals surface area contributed by atoms with Gasteiger partial charge in [-0.3, -0.25) is 4.68 Å². The van der Waals surface area contributed by atoms with E-state index in [9.17, 15) is 0 Å². The Bertz CT molecular complexity index is 777. The Balaban J connectivity index is 1.70. The van der Waals surface area contributed by atoms with Crippen molar-refractivity contribution in [1.82, 2.24) is 14.8 Å². The molecule has 0 aliphatic heterocycles. The number of aromatic nitrogens is 3. The minimum Gasteiger partial charge on any atom is -0.436 e. The summed E-state index contributed by atoms with van der Waals surface area (Å²) < 4.78 is 7.71. The predicted molar refractivity (Wildman–Crippen MR) is 77.2 cm³/mol. The highest BCUT2D eigenvalue weighted by Gasteiger charge is 2.13. The first-order valence-corrected chi connectivity index (χ1v) is 6.63. The number of nitrogens with zero attached hydrogens (tertiary/aromatic N) is 3. The van der Waals surface area contributed by atoms with Crippen molar-refractivity contribution in [3.05, 3.63) is 61.0 Å². The Hall–Kier alpha value is -2.62. The molecule has 0 radical (unpaired) electrons. The Morgan fingerprint density at radius 1 is 1.20 bits per heavy atom. The molecule has 0 saturated carbocycles. The first-order valence-electron chi connectivity index (χ1n) is 6.63. The number of hydrogen-bond acceptors (Lipinski definition) is 3. The molecule has 4 rings (SSSR count). The summed E-state index contributed by atoms with van der Waals surface area (Å²) in [5.74, 6) is 0.618. The molecular formula is C16H13N3O. The molecule has 1 aliphatic carbocycles. The first kappa shape index (κ1) is 11.2. The van der Waals surface area contributed by atoms with E-state index in [-0.39, 0.29) is 6.04 Å². The summed E-state index contributed by atoms with van der Waals surface area (Å²) in [6, 6.07) is 8.04. The smallest absolute Gasteiger partial charge is 0.230 e. The van der Waals surface area contributed by atoms with Gasteiger partial charge in [0.15, 0.2) is 5.58 Å². The summed E-state index contributed by atoms with van der Waals surface area (Å²) in [6.07, 6.45) is 13.1. The van der Waals surface area contributed by atoms with Gasteiger partial charge in [0.25, 0.3) is 0 Å². The van der Waals surface area contributed by atoms with E-state index >= 15 is 0 Å². The molecule has 1 unspecified atom stereocenters. The summed E-state index contributed by atoms with van der Waals surface area (Å²) in [5.41, 5.74) is 2.58. The van der Waals surface area contributed by atoms with Gasteiger partial charge in [-0.25, -0.2) is 4.98 Å². The van der Waals surface area contributed by atoms with Gasteiger partial charge in [-0.15, -0.1) is 0 Å². The molecule has 2 aromatic heterocycles. The zero-order valence-electron chi connectivity index (χ0n) is 10.8. The van der Waals surface area contributed by atoms with Gasteiger partial charge in [0, 0.05) is 6.20 Å². The van der Waals surface area contributed by atoms with Crippen LogP contribution < -0.4 is 0 Å². The van der Waals surface area contributed by atoms with Gasteiger partial charge < -0.3 is 4.42 Å². The summed E-state index contributed by atoms with van der Waals surface area (Å²) in [5, 5.41) is 4.42. The minimum absolute atomic E-state index is 0.276. The van der Waals surface area contributed by atoms with Gasteiger partial charge in [0.2, 0.25) is 5.89 Å². The topological polar surface area (TPSA) is 43.9 Å². The lowest BCUT2D eigenvalue weighted by Crippen LogP contribution is -2.07. The van der Waals surface area contributed by atoms with E-state index in [0.717, 1.165) is 23.1 Å². The summed E-state index contributed by atoms with van der Waals surface area (Å²) in [7, 11) is 0. The number of oxazole rings is 1. The SMILES string of the molecule is C1=CCC(n2cc(-c3nc4ccccc4o3)cn2)C=C1. The van der Waals surface area contributed by atoms with Gasteiger partial charge in [-0.05, 0) is 18.6 Å². The quantitative estimate of drug-likeness (QED) is 0.707.